The van der Waals surface area contributed by atoms with E-state index < -0.39 is 21.3 Å². The Morgan fingerprint density at radius 3 is 2.65 bits per heavy atom. The molecule has 6 nitrogen and oxygen atoms in total. The van der Waals surface area contributed by atoms with Crippen molar-refractivity contribution in [1.29, 1.82) is 0 Å². The fourth-order valence-electron chi connectivity index (χ4n) is 1.13. The summed E-state index contributed by atoms with van der Waals surface area (Å²) in [5.74, 6) is 0. The summed E-state index contributed by atoms with van der Waals surface area (Å²) in [6, 6.07) is 5.67. The molecular weight excluding hydrogens is 266 g/mol. The number of hydrogen-bond acceptors (Lipinski definition) is 5. The first-order valence-corrected chi connectivity index (χ1v) is 6.82. The third kappa shape index (κ3) is 2.99. The predicted molar refractivity (Wildman–Crippen MR) is 61.5 cm³/mol. The average molecular weight is 276 g/mol. The highest BCUT2D eigenvalue weighted by atomic mass is 32.3. The molecule has 0 spiro atoms. The zero-order valence-electron chi connectivity index (χ0n) is 8.90. The quantitative estimate of drug-likeness (QED) is 0.583. The summed E-state index contributed by atoms with van der Waals surface area (Å²) in [4.78, 5) is 4.12. The van der Waals surface area contributed by atoms with E-state index in [2.05, 4.69) is 11.4 Å². The summed E-state index contributed by atoms with van der Waals surface area (Å²) in [6.07, 6.45) is 1.45. The van der Waals surface area contributed by atoms with Gasteiger partial charge in [0.2, 0.25) is 0 Å². The van der Waals surface area contributed by atoms with Crippen LogP contribution in [0.2, 0.25) is 0 Å². The lowest BCUT2D eigenvalue weighted by Crippen LogP contribution is -2.31. The minimum atomic E-state index is -4.23. The third-order valence-electron chi connectivity index (χ3n) is 1.86. The first-order valence-electron chi connectivity index (χ1n) is 4.35. The second-order valence-corrected chi connectivity index (χ2v) is 5.63. The van der Waals surface area contributed by atoms with Crippen LogP contribution < -0.4 is 0 Å². The van der Waals surface area contributed by atoms with Crippen LogP contribution in [0, 0.1) is 0 Å². The molecule has 94 valence electrons. The molecular formula is C9H10NO5S2-. The number of sulfonamides is 1. The minimum Gasteiger partial charge on any atom is -0.757 e. The lowest BCUT2D eigenvalue weighted by Gasteiger charge is -2.20. The van der Waals surface area contributed by atoms with Crippen LogP contribution in [0.5, 0.6) is 0 Å². The van der Waals surface area contributed by atoms with E-state index in [4.69, 9.17) is 0 Å². The van der Waals surface area contributed by atoms with Crippen LogP contribution in [-0.4, -0.2) is 28.2 Å². The first-order chi connectivity index (χ1) is 7.93. The summed E-state index contributed by atoms with van der Waals surface area (Å²) in [7, 11) is -3.28. The number of benzene rings is 1. The Morgan fingerprint density at radius 2 is 2.18 bits per heavy atom. The van der Waals surface area contributed by atoms with Crippen LogP contribution in [0.25, 0.3) is 6.08 Å². The van der Waals surface area contributed by atoms with E-state index in [9.17, 15) is 17.2 Å². The van der Waals surface area contributed by atoms with Crippen molar-refractivity contribution in [3.05, 3.63) is 36.4 Å². The highest BCUT2D eigenvalue weighted by Crippen LogP contribution is 2.18. The molecule has 1 unspecified atom stereocenters. The fourth-order valence-corrected chi connectivity index (χ4v) is 3.05. The van der Waals surface area contributed by atoms with Gasteiger partial charge in [-0.05, 0) is 21.6 Å². The maximum absolute atomic E-state index is 11.8. The van der Waals surface area contributed by atoms with Gasteiger partial charge in [-0.15, -0.1) is 0 Å². The Kier molecular flexibility index (Phi) is 4.54. The van der Waals surface area contributed by atoms with Crippen molar-refractivity contribution in [2.75, 3.05) is 7.11 Å². The molecule has 1 rings (SSSR count). The smallest absolute Gasteiger partial charge is 0.276 e. The average Bonchev–Trinajstić information content (AvgIpc) is 2.29. The molecule has 0 aliphatic heterocycles. The molecule has 1 atom stereocenters. The highest BCUT2D eigenvalue weighted by molar-refractivity contribution is 7.99. The van der Waals surface area contributed by atoms with Gasteiger partial charge >= 0.3 is 0 Å². The van der Waals surface area contributed by atoms with Gasteiger partial charge in [-0.2, -0.15) is 0 Å². The molecule has 0 aromatic heterocycles. The molecule has 0 aliphatic carbocycles. The van der Waals surface area contributed by atoms with Crippen LogP contribution in [0.1, 0.15) is 5.56 Å². The lowest BCUT2D eigenvalue weighted by molar-refractivity contribution is 0.0270. The second-order valence-electron chi connectivity index (χ2n) is 2.87. The molecule has 0 aliphatic rings. The minimum absolute atomic E-state index is 0.102. The summed E-state index contributed by atoms with van der Waals surface area (Å²) < 4.78 is 45.0. The molecule has 0 heterocycles. The Hall–Kier alpha value is -1.06. The van der Waals surface area contributed by atoms with Crippen LogP contribution >= 0.6 is 0 Å². The third-order valence-corrected chi connectivity index (χ3v) is 4.60. The van der Waals surface area contributed by atoms with Crippen LogP contribution in [0.15, 0.2) is 35.7 Å². The second kappa shape index (κ2) is 5.52. The van der Waals surface area contributed by atoms with E-state index in [1.165, 1.54) is 24.3 Å². The molecule has 0 amide bonds. The standard InChI is InChI=1S/C9H11NO5S2/c1-3-8-5-4-6-9(7-8)17(13,14)10(15-2)16(11)12/h3-7H,1H2,2H3,(H,11,12)/p-1. The van der Waals surface area contributed by atoms with Gasteiger partial charge in [0.25, 0.3) is 10.0 Å². The molecule has 1 aromatic carbocycles. The van der Waals surface area contributed by atoms with Gasteiger partial charge < -0.3 is 4.55 Å². The number of rotatable bonds is 5. The van der Waals surface area contributed by atoms with Gasteiger partial charge in [-0.3, -0.25) is 9.05 Å². The van der Waals surface area contributed by atoms with Gasteiger partial charge in [-0.1, -0.05) is 24.8 Å². The van der Waals surface area contributed by atoms with Crippen molar-refractivity contribution < 1.29 is 22.0 Å². The summed E-state index contributed by atoms with van der Waals surface area (Å²) in [5.41, 5.74) is 0.554. The number of nitrogens with zero attached hydrogens (tertiary/aromatic N) is 1. The van der Waals surface area contributed by atoms with Gasteiger partial charge in [0.1, 0.15) is 0 Å². The highest BCUT2D eigenvalue weighted by Gasteiger charge is 2.25. The van der Waals surface area contributed by atoms with Crippen LogP contribution in [0.3, 0.4) is 0 Å². The Bertz CT molecular complexity index is 540. The van der Waals surface area contributed by atoms with E-state index in [0.717, 1.165) is 7.11 Å². The predicted octanol–water partition coefficient (Wildman–Crippen LogP) is 0.676. The number of hydrogen-bond donors (Lipinski definition) is 0. The Morgan fingerprint density at radius 1 is 1.53 bits per heavy atom. The summed E-state index contributed by atoms with van der Waals surface area (Å²) in [6.45, 7) is 3.49. The van der Waals surface area contributed by atoms with Gasteiger partial charge in [-0.25, -0.2) is 8.42 Å². The monoisotopic (exact) mass is 276 g/mol. The normalized spacial score (nSPS) is 13.6. The molecule has 0 radical (unpaired) electrons. The maximum atomic E-state index is 11.8. The Labute approximate surface area is 102 Å². The van der Waals surface area contributed by atoms with E-state index in [0.29, 0.717) is 5.56 Å². The van der Waals surface area contributed by atoms with Crippen molar-refractivity contribution >= 4 is 27.4 Å². The van der Waals surface area contributed by atoms with Gasteiger partial charge in [0.05, 0.1) is 23.3 Å². The van der Waals surface area contributed by atoms with E-state index in [1.807, 2.05) is 0 Å². The Balaban J connectivity index is 3.29. The molecule has 0 bridgehead atoms. The van der Waals surface area contributed by atoms with E-state index in [1.54, 1.807) is 6.07 Å². The van der Waals surface area contributed by atoms with Crippen LogP contribution in [0.4, 0.5) is 0 Å². The van der Waals surface area contributed by atoms with Gasteiger partial charge in [0.15, 0.2) is 0 Å². The molecule has 1 aromatic rings. The maximum Gasteiger partial charge on any atom is 0.276 e. The molecule has 0 N–H and O–H groups in total. The van der Waals surface area contributed by atoms with Crippen molar-refractivity contribution in [3.63, 3.8) is 0 Å². The summed E-state index contributed by atoms with van der Waals surface area (Å²) in [5, 5.41) is 0. The molecule has 17 heavy (non-hydrogen) atoms. The zero-order valence-corrected chi connectivity index (χ0v) is 10.5. The SMILES string of the molecule is C=Cc1cccc(S(=O)(=O)N(OC)S(=O)[O-])c1. The summed E-state index contributed by atoms with van der Waals surface area (Å²) >= 11 is -3.03. The van der Waals surface area contributed by atoms with Crippen molar-refractivity contribution in [2.24, 2.45) is 0 Å². The van der Waals surface area contributed by atoms with Crippen molar-refractivity contribution in [2.45, 2.75) is 4.90 Å². The fraction of sp³-hybridized carbons (Fsp3) is 0.111. The van der Waals surface area contributed by atoms with E-state index >= 15 is 0 Å². The zero-order chi connectivity index (χ0) is 13.1. The lowest BCUT2D eigenvalue weighted by atomic mass is 10.2. The van der Waals surface area contributed by atoms with Crippen LogP contribution in [-0.2, 0) is 26.1 Å². The topological polar surface area (TPSA) is 86.7 Å². The largest absolute Gasteiger partial charge is 0.757 e. The molecule has 0 fully saturated rings. The molecule has 0 saturated heterocycles. The van der Waals surface area contributed by atoms with Gasteiger partial charge in [0, 0.05) is 0 Å². The molecule has 8 heteroatoms. The van der Waals surface area contributed by atoms with E-state index in [-0.39, 0.29) is 8.77 Å². The van der Waals surface area contributed by atoms with Crippen molar-refractivity contribution in [3.8, 4) is 0 Å². The van der Waals surface area contributed by atoms with Crippen molar-refractivity contribution in [1.82, 2.24) is 3.87 Å². The molecule has 0 saturated carbocycles. The first kappa shape index (κ1) is 14.0.